The summed E-state index contributed by atoms with van der Waals surface area (Å²) in [7, 11) is 0. The lowest BCUT2D eigenvalue weighted by Gasteiger charge is -2.27. The van der Waals surface area contributed by atoms with Crippen molar-refractivity contribution in [3.63, 3.8) is 0 Å². The van der Waals surface area contributed by atoms with Gasteiger partial charge in [-0.3, -0.25) is 0 Å². The number of thiazole rings is 1. The lowest BCUT2D eigenvalue weighted by atomic mass is 9.81. The molecule has 0 saturated heterocycles. The van der Waals surface area contributed by atoms with Crippen LogP contribution >= 0.6 is 11.3 Å². The molecule has 0 unspecified atom stereocenters. The summed E-state index contributed by atoms with van der Waals surface area (Å²) in [5, 5.41) is 4.89. The number of nitrogens with one attached hydrogen (secondary N) is 1. The van der Waals surface area contributed by atoms with E-state index in [9.17, 15) is 0 Å². The third-order valence-electron chi connectivity index (χ3n) is 4.47. The number of aromatic nitrogens is 1. The molecule has 1 aromatic heterocycles. The van der Waals surface area contributed by atoms with Crippen molar-refractivity contribution in [2.45, 2.75) is 71.8 Å². The minimum absolute atomic E-state index is 0.182. The average molecular weight is 295 g/mol. The van der Waals surface area contributed by atoms with Crippen LogP contribution in [0.4, 0.5) is 0 Å². The third-order valence-corrected chi connectivity index (χ3v) is 5.89. The van der Waals surface area contributed by atoms with E-state index in [4.69, 9.17) is 0 Å². The van der Waals surface area contributed by atoms with E-state index in [1.165, 1.54) is 48.5 Å². The van der Waals surface area contributed by atoms with E-state index >= 15 is 0 Å². The predicted molar refractivity (Wildman–Crippen MR) is 88.3 cm³/mol. The summed E-state index contributed by atoms with van der Waals surface area (Å²) in [6, 6.07) is 0. The van der Waals surface area contributed by atoms with Gasteiger partial charge < -0.3 is 5.32 Å². The molecule has 20 heavy (non-hydrogen) atoms. The van der Waals surface area contributed by atoms with Crippen LogP contribution in [0.2, 0.25) is 0 Å². The first-order valence-corrected chi connectivity index (χ1v) is 8.96. The Bertz CT molecular complexity index is 397. The van der Waals surface area contributed by atoms with Gasteiger partial charge in [0, 0.05) is 23.0 Å². The third kappa shape index (κ3) is 4.56. The van der Waals surface area contributed by atoms with Crippen LogP contribution in [0.5, 0.6) is 0 Å². The molecule has 114 valence electrons. The molecule has 1 N–H and O–H groups in total. The van der Waals surface area contributed by atoms with E-state index in [2.05, 4.69) is 38.0 Å². The Hall–Kier alpha value is -0.410. The maximum absolute atomic E-state index is 4.55. The van der Waals surface area contributed by atoms with Crippen molar-refractivity contribution in [3.05, 3.63) is 16.1 Å². The Morgan fingerprint density at radius 1 is 1.20 bits per heavy atom. The van der Waals surface area contributed by atoms with Crippen molar-refractivity contribution < 1.29 is 0 Å². The quantitative estimate of drug-likeness (QED) is 0.848. The zero-order chi connectivity index (χ0) is 14.6. The lowest BCUT2D eigenvalue weighted by Crippen LogP contribution is -2.25. The van der Waals surface area contributed by atoms with Gasteiger partial charge in [-0.05, 0) is 31.2 Å². The zero-order valence-corrected chi connectivity index (χ0v) is 14.4. The highest BCUT2D eigenvalue weighted by molar-refractivity contribution is 7.11. The second kappa shape index (κ2) is 7.04. The fraction of sp³-hybridized carbons (Fsp3) is 0.824. The van der Waals surface area contributed by atoms with Crippen molar-refractivity contribution in [2.75, 3.05) is 6.54 Å². The van der Waals surface area contributed by atoms with Crippen LogP contribution in [-0.2, 0) is 12.0 Å². The van der Waals surface area contributed by atoms with Gasteiger partial charge in [0.2, 0.25) is 0 Å². The van der Waals surface area contributed by atoms with Gasteiger partial charge >= 0.3 is 0 Å². The number of nitrogens with zero attached hydrogens (tertiary/aromatic N) is 1. The Morgan fingerprint density at radius 3 is 2.40 bits per heavy atom. The number of rotatable bonds is 5. The minimum atomic E-state index is 0.182. The van der Waals surface area contributed by atoms with E-state index in [1.807, 2.05) is 17.5 Å². The largest absolute Gasteiger partial charge is 0.312 e. The van der Waals surface area contributed by atoms with Crippen molar-refractivity contribution in [1.82, 2.24) is 10.3 Å². The molecule has 1 aromatic rings. The van der Waals surface area contributed by atoms with E-state index in [0.717, 1.165) is 18.4 Å². The van der Waals surface area contributed by atoms with Crippen LogP contribution in [0.15, 0.2) is 6.20 Å². The van der Waals surface area contributed by atoms with Crippen LogP contribution < -0.4 is 5.32 Å². The van der Waals surface area contributed by atoms with Crippen LogP contribution in [0.3, 0.4) is 0 Å². The van der Waals surface area contributed by atoms with Crippen molar-refractivity contribution in [2.24, 2.45) is 11.8 Å². The molecule has 2 rings (SSSR count). The molecule has 0 spiro atoms. The molecule has 1 aliphatic rings. The first kappa shape index (κ1) is 16.0. The molecule has 0 amide bonds. The Balaban J connectivity index is 1.70. The molecule has 3 heteroatoms. The van der Waals surface area contributed by atoms with Crippen molar-refractivity contribution >= 4 is 11.3 Å². The highest BCUT2D eigenvalue weighted by Gasteiger charge is 2.20. The summed E-state index contributed by atoms with van der Waals surface area (Å²) in [6.45, 7) is 11.2. The summed E-state index contributed by atoms with van der Waals surface area (Å²) in [5.41, 5.74) is 0.182. The number of hydrogen-bond donors (Lipinski definition) is 1. The van der Waals surface area contributed by atoms with E-state index in [1.54, 1.807) is 0 Å². The smallest absolute Gasteiger partial charge is 0.0981 e. The SMILES string of the molecule is CCC1CCC(CNCc2cnc(C(C)(C)C)s2)CC1. The average Bonchev–Trinajstić information content (AvgIpc) is 2.88. The second-order valence-electron chi connectivity index (χ2n) is 7.31. The number of hydrogen-bond acceptors (Lipinski definition) is 3. The fourth-order valence-corrected chi connectivity index (χ4v) is 3.92. The predicted octanol–water partition coefficient (Wildman–Crippen LogP) is 4.75. The van der Waals surface area contributed by atoms with Gasteiger partial charge in [0.15, 0.2) is 0 Å². The zero-order valence-electron chi connectivity index (χ0n) is 13.5. The highest BCUT2D eigenvalue weighted by atomic mass is 32.1. The molecule has 0 aromatic carbocycles. The minimum Gasteiger partial charge on any atom is -0.312 e. The Labute approximate surface area is 128 Å². The first-order chi connectivity index (χ1) is 9.49. The lowest BCUT2D eigenvalue weighted by molar-refractivity contribution is 0.262. The molecule has 1 saturated carbocycles. The Kier molecular flexibility index (Phi) is 5.62. The molecule has 2 nitrogen and oxygen atoms in total. The standard InChI is InChI=1S/C17H30N2S/c1-5-13-6-8-14(9-7-13)10-18-11-15-12-19-16(20-15)17(2,3)4/h12-14,18H,5-11H2,1-4H3. The summed E-state index contributed by atoms with van der Waals surface area (Å²) >= 11 is 1.86. The summed E-state index contributed by atoms with van der Waals surface area (Å²) in [6.07, 6.45) is 9.14. The van der Waals surface area contributed by atoms with Gasteiger partial charge in [-0.25, -0.2) is 4.98 Å². The normalized spacial score (nSPS) is 24.0. The van der Waals surface area contributed by atoms with Crippen molar-refractivity contribution in [1.29, 1.82) is 0 Å². The van der Waals surface area contributed by atoms with Gasteiger partial charge in [0.05, 0.1) is 5.01 Å². The Morgan fingerprint density at radius 2 is 1.85 bits per heavy atom. The van der Waals surface area contributed by atoms with Gasteiger partial charge in [-0.15, -0.1) is 11.3 Å². The second-order valence-corrected chi connectivity index (χ2v) is 8.42. The van der Waals surface area contributed by atoms with Gasteiger partial charge in [0.25, 0.3) is 0 Å². The van der Waals surface area contributed by atoms with Crippen molar-refractivity contribution in [3.8, 4) is 0 Å². The molecular weight excluding hydrogens is 264 g/mol. The molecule has 1 fully saturated rings. The molecule has 0 radical (unpaired) electrons. The molecule has 0 bridgehead atoms. The maximum atomic E-state index is 4.55. The van der Waals surface area contributed by atoms with E-state index in [-0.39, 0.29) is 5.41 Å². The topological polar surface area (TPSA) is 24.9 Å². The van der Waals surface area contributed by atoms with Crippen LogP contribution in [0.1, 0.15) is 69.7 Å². The van der Waals surface area contributed by atoms with Crippen LogP contribution in [-0.4, -0.2) is 11.5 Å². The maximum Gasteiger partial charge on any atom is 0.0981 e. The molecule has 1 aliphatic carbocycles. The summed E-state index contributed by atoms with van der Waals surface area (Å²) < 4.78 is 0. The first-order valence-electron chi connectivity index (χ1n) is 8.15. The van der Waals surface area contributed by atoms with E-state index < -0.39 is 0 Å². The molecular formula is C17H30N2S. The molecule has 0 atom stereocenters. The van der Waals surface area contributed by atoms with Crippen LogP contribution in [0, 0.1) is 11.8 Å². The van der Waals surface area contributed by atoms with Gasteiger partial charge in [-0.2, -0.15) is 0 Å². The van der Waals surface area contributed by atoms with Gasteiger partial charge in [-0.1, -0.05) is 47.0 Å². The molecule has 0 aliphatic heterocycles. The molecule has 1 heterocycles. The van der Waals surface area contributed by atoms with Crippen LogP contribution in [0.25, 0.3) is 0 Å². The summed E-state index contributed by atoms with van der Waals surface area (Å²) in [5.74, 6) is 1.90. The van der Waals surface area contributed by atoms with E-state index in [0.29, 0.717) is 0 Å². The van der Waals surface area contributed by atoms with Gasteiger partial charge in [0.1, 0.15) is 0 Å². The monoisotopic (exact) mass is 294 g/mol. The fourth-order valence-electron chi connectivity index (χ4n) is 2.98. The highest BCUT2D eigenvalue weighted by Crippen LogP contribution is 2.30. The summed E-state index contributed by atoms with van der Waals surface area (Å²) in [4.78, 5) is 5.92.